The molecular formula is C16H16O4. The maximum atomic E-state index is 11.1. The Bertz CT molecular complexity index is 620. The predicted molar refractivity (Wildman–Crippen MR) is 75.6 cm³/mol. The SMILES string of the molecule is COc1cc(O)c(C(=O)O)cc1C(C)c1ccccc1. The summed E-state index contributed by atoms with van der Waals surface area (Å²) >= 11 is 0. The number of aromatic hydroxyl groups is 1. The maximum Gasteiger partial charge on any atom is 0.339 e. The number of phenols is 1. The Morgan fingerprint density at radius 3 is 2.40 bits per heavy atom. The van der Waals surface area contributed by atoms with Gasteiger partial charge in [0, 0.05) is 17.5 Å². The smallest absolute Gasteiger partial charge is 0.339 e. The highest BCUT2D eigenvalue weighted by Crippen LogP contribution is 2.36. The molecule has 0 spiro atoms. The van der Waals surface area contributed by atoms with Crippen molar-refractivity contribution in [2.24, 2.45) is 0 Å². The van der Waals surface area contributed by atoms with Gasteiger partial charge in [0.1, 0.15) is 17.1 Å². The minimum Gasteiger partial charge on any atom is -0.507 e. The van der Waals surface area contributed by atoms with E-state index in [4.69, 9.17) is 9.84 Å². The van der Waals surface area contributed by atoms with Gasteiger partial charge in [0.25, 0.3) is 0 Å². The summed E-state index contributed by atoms with van der Waals surface area (Å²) in [6, 6.07) is 12.5. The molecule has 0 heterocycles. The number of hydrogen-bond donors (Lipinski definition) is 2. The molecule has 0 saturated carbocycles. The maximum absolute atomic E-state index is 11.1. The van der Waals surface area contributed by atoms with Crippen molar-refractivity contribution in [1.29, 1.82) is 0 Å². The fourth-order valence-corrected chi connectivity index (χ4v) is 2.19. The van der Waals surface area contributed by atoms with Crippen LogP contribution in [0.1, 0.15) is 34.3 Å². The Morgan fingerprint density at radius 2 is 1.85 bits per heavy atom. The van der Waals surface area contributed by atoms with Gasteiger partial charge in [-0.2, -0.15) is 0 Å². The van der Waals surface area contributed by atoms with Crippen molar-refractivity contribution in [2.45, 2.75) is 12.8 Å². The molecule has 0 bridgehead atoms. The van der Waals surface area contributed by atoms with E-state index in [2.05, 4.69) is 0 Å². The Kier molecular flexibility index (Phi) is 3.94. The van der Waals surface area contributed by atoms with Gasteiger partial charge in [-0.25, -0.2) is 4.79 Å². The normalized spacial score (nSPS) is 11.9. The summed E-state index contributed by atoms with van der Waals surface area (Å²) in [5.74, 6) is -1.02. The Labute approximate surface area is 117 Å². The summed E-state index contributed by atoms with van der Waals surface area (Å²) in [6.45, 7) is 1.97. The highest BCUT2D eigenvalue weighted by molar-refractivity contribution is 5.91. The number of carbonyl (C=O) groups is 1. The van der Waals surface area contributed by atoms with Crippen molar-refractivity contribution < 1.29 is 19.7 Å². The Balaban J connectivity index is 2.54. The summed E-state index contributed by atoms with van der Waals surface area (Å²) in [5, 5.41) is 18.8. The van der Waals surface area contributed by atoms with Crippen molar-refractivity contribution in [1.82, 2.24) is 0 Å². The molecule has 2 aromatic carbocycles. The first-order valence-corrected chi connectivity index (χ1v) is 6.23. The fourth-order valence-electron chi connectivity index (χ4n) is 2.19. The number of rotatable bonds is 4. The number of benzene rings is 2. The first kappa shape index (κ1) is 13.9. The number of carboxylic acids is 1. The van der Waals surface area contributed by atoms with E-state index >= 15 is 0 Å². The molecule has 0 radical (unpaired) electrons. The topological polar surface area (TPSA) is 66.8 Å². The van der Waals surface area contributed by atoms with E-state index in [0.717, 1.165) is 11.1 Å². The lowest BCUT2D eigenvalue weighted by atomic mass is 9.91. The van der Waals surface area contributed by atoms with Crippen LogP contribution < -0.4 is 4.74 Å². The summed E-state index contributed by atoms with van der Waals surface area (Å²) < 4.78 is 5.25. The van der Waals surface area contributed by atoms with Crippen LogP contribution in [0.4, 0.5) is 0 Å². The standard InChI is InChI=1S/C16H16O4/c1-10(11-6-4-3-5-7-11)12-8-13(16(18)19)14(17)9-15(12)20-2/h3-10,17H,1-2H3,(H,18,19). The van der Waals surface area contributed by atoms with Crippen molar-refractivity contribution >= 4 is 5.97 Å². The third-order valence-electron chi connectivity index (χ3n) is 3.34. The molecule has 4 nitrogen and oxygen atoms in total. The van der Waals surface area contributed by atoms with E-state index in [1.54, 1.807) is 0 Å². The quantitative estimate of drug-likeness (QED) is 0.896. The van der Waals surface area contributed by atoms with Gasteiger partial charge in [-0.1, -0.05) is 37.3 Å². The van der Waals surface area contributed by atoms with E-state index in [0.29, 0.717) is 5.75 Å². The first-order chi connectivity index (χ1) is 9.54. The largest absolute Gasteiger partial charge is 0.507 e. The lowest BCUT2D eigenvalue weighted by Gasteiger charge is -2.17. The van der Waals surface area contributed by atoms with E-state index in [1.807, 2.05) is 37.3 Å². The molecule has 0 saturated heterocycles. The molecule has 2 N–H and O–H groups in total. The van der Waals surface area contributed by atoms with E-state index in [-0.39, 0.29) is 17.2 Å². The molecule has 20 heavy (non-hydrogen) atoms. The van der Waals surface area contributed by atoms with Crippen molar-refractivity contribution in [2.75, 3.05) is 7.11 Å². The lowest BCUT2D eigenvalue weighted by molar-refractivity contribution is 0.0693. The zero-order valence-corrected chi connectivity index (χ0v) is 11.3. The van der Waals surface area contributed by atoms with Crippen molar-refractivity contribution in [3.05, 3.63) is 59.2 Å². The lowest BCUT2D eigenvalue weighted by Crippen LogP contribution is -2.04. The molecule has 0 fully saturated rings. The number of hydrogen-bond acceptors (Lipinski definition) is 3. The highest BCUT2D eigenvalue weighted by Gasteiger charge is 2.19. The monoisotopic (exact) mass is 272 g/mol. The van der Waals surface area contributed by atoms with Gasteiger partial charge in [-0.3, -0.25) is 0 Å². The minimum atomic E-state index is -1.16. The molecule has 2 aromatic rings. The number of ether oxygens (including phenoxy) is 1. The Hall–Kier alpha value is -2.49. The fraction of sp³-hybridized carbons (Fsp3) is 0.188. The van der Waals surface area contributed by atoms with Crippen LogP contribution >= 0.6 is 0 Å². The molecule has 104 valence electrons. The summed E-state index contributed by atoms with van der Waals surface area (Å²) in [7, 11) is 1.50. The van der Waals surface area contributed by atoms with Gasteiger partial charge >= 0.3 is 5.97 Å². The molecule has 0 aliphatic carbocycles. The molecular weight excluding hydrogens is 256 g/mol. The molecule has 0 amide bonds. The van der Waals surface area contributed by atoms with E-state index in [9.17, 15) is 9.90 Å². The van der Waals surface area contributed by atoms with Gasteiger partial charge in [0.15, 0.2) is 0 Å². The Morgan fingerprint density at radius 1 is 1.20 bits per heavy atom. The molecule has 0 aliphatic rings. The van der Waals surface area contributed by atoms with Gasteiger partial charge in [0.05, 0.1) is 7.11 Å². The molecule has 4 heteroatoms. The molecule has 1 atom stereocenters. The summed E-state index contributed by atoms with van der Waals surface area (Å²) in [6.07, 6.45) is 0. The van der Waals surface area contributed by atoms with Gasteiger partial charge in [-0.05, 0) is 11.6 Å². The molecule has 2 rings (SSSR count). The average Bonchev–Trinajstić information content (AvgIpc) is 2.46. The third-order valence-corrected chi connectivity index (χ3v) is 3.34. The van der Waals surface area contributed by atoms with Crippen LogP contribution in [0.3, 0.4) is 0 Å². The van der Waals surface area contributed by atoms with E-state index < -0.39 is 5.97 Å². The van der Waals surface area contributed by atoms with Crippen molar-refractivity contribution in [3.8, 4) is 11.5 Å². The second-order valence-electron chi connectivity index (χ2n) is 4.55. The molecule has 1 unspecified atom stereocenters. The van der Waals surface area contributed by atoms with Crippen LogP contribution in [0, 0.1) is 0 Å². The molecule has 0 aromatic heterocycles. The van der Waals surface area contributed by atoms with Gasteiger partial charge in [0.2, 0.25) is 0 Å². The zero-order chi connectivity index (χ0) is 14.7. The third kappa shape index (κ3) is 2.59. The van der Waals surface area contributed by atoms with Gasteiger partial charge < -0.3 is 14.9 Å². The van der Waals surface area contributed by atoms with Crippen LogP contribution in [0.2, 0.25) is 0 Å². The second-order valence-corrected chi connectivity index (χ2v) is 4.55. The zero-order valence-electron chi connectivity index (χ0n) is 11.3. The average molecular weight is 272 g/mol. The minimum absolute atomic E-state index is 0.0372. The van der Waals surface area contributed by atoms with Crippen LogP contribution in [-0.4, -0.2) is 23.3 Å². The van der Waals surface area contributed by atoms with E-state index in [1.165, 1.54) is 19.2 Å². The van der Waals surface area contributed by atoms with Crippen LogP contribution in [0.15, 0.2) is 42.5 Å². The predicted octanol–water partition coefficient (Wildman–Crippen LogP) is 3.25. The number of methoxy groups -OCH3 is 1. The highest BCUT2D eigenvalue weighted by atomic mass is 16.5. The van der Waals surface area contributed by atoms with Crippen LogP contribution in [0.5, 0.6) is 11.5 Å². The van der Waals surface area contributed by atoms with Crippen LogP contribution in [0.25, 0.3) is 0 Å². The van der Waals surface area contributed by atoms with Gasteiger partial charge in [-0.15, -0.1) is 0 Å². The molecule has 0 aliphatic heterocycles. The van der Waals surface area contributed by atoms with Crippen LogP contribution in [-0.2, 0) is 0 Å². The van der Waals surface area contributed by atoms with Crippen molar-refractivity contribution in [3.63, 3.8) is 0 Å². The number of carboxylic acid groups (broad SMARTS) is 1. The summed E-state index contributed by atoms with van der Waals surface area (Å²) in [5.41, 5.74) is 1.66. The number of aromatic carboxylic acids is 1. The first-order valence-electron chi connectivity index (χ1n) is 6.23. The second kappa shape index (κ2) is 5.65. The summed E-state index contributed by atoms with van der Waals surface area (Å²) in [4.78, 5) is 11.1.